The Kier molecular flexibility index (Phi) is 4.79. The van der Waals surface area contributed by atoms with Crippen molar-refractivity contribution in [3.8, 4) is 0 Å². The second-order valence-electron chi connectivity index (χ2n) is 4.35. The van der Waals surface area contributed by atoms with E-state index in [9.17, 15) is 4.79 Å². The van der Waals surface area contributed by atoms with Gasteiger partial charge >= 0.3 is 5.37 Å². The molecule has 0 unspecified atom stereocenters. The van der Waals surface area contributed by atoms with E-state index in [2.05, 4.69) is 29.2 Å². The first-order chi connectivity index (χ1) is 8.75. The maximum atomic E-state index is 11.0. The number of hydrogen-bond acceptors (Lipinski definition) is 2. The molecule has 0 saturated carbocycles. The lowest BCUT2D eigenvalue weighted by Gasteiger charge is -2.32. The van der Waals surface area contributed by atoms with Gasteiger partial charge in [-0.25, -0.2) is 0 Å². The van der Waals surface area contributed by atoms with Gasteiger partial charge in [-0.15, -0.1) is 0 Å². The number of carbonyl (C=O) groups is 1. The summed E-state index contributed by atoms with van der Waals surface area (Å²) >= 11 is 5.44. The number of piperazine rings is 1. The normalized spacial score (nSPS) is 17.3. The van der Waals surface area contributed by atoms with E-state index in [4.69, 9.17) is 11.6 Å². The van der Waals surface area contributed by atoms with Gasteiger partial charge in [0.25, 0.3) is 0 Å². The lowest BCUT2D eigenvalue weighted by atomic mass is 10.2. The van der Waals surface area contributed by atoms with Crippen LogP contribution in [0.25, 0.3) is 6.08 Å². The number of halogens is 1. The van der Waals surface area contributed by atoms with Crippen LogP contribution in [0.2, 0.25) is 0 Å². The summed E-state index contributed by atoms with van der Waals surface area (Å²) in [5.41, 5.74) is 1.21. The average molecular weight is 265 g/mol. The van der Waals surface area contributed by atoms with Gasteiger partial charge in [0.05, 0.1) is 0 Å². The molecule has 0 N–H and O–H groups in total. The molecule has 1 aliphatic heterocycles. The van der Waals surface area contributed by atoms with Crippen molar-refractivity contribution in [2.45, 2.75) is 0 Å². The van der Waals surface area contributed by atoms with E-state index in [1.54, 1.807) is 4.90 Å². The van der Waals surface area contributed by atoms with Gasteiger partial charge in [0.1, 0.15) is 0 Å². The zero-order valence-electron chi connectivity index (χ0n) is 10.3. The highest BCUT2D eigenvalue weighted by atomic mass is 35.5. The van der Waals surface area contributed by atoms with Crippen molar-refractivity contribution in [2.75, 3.05) is 32.7 Å². The van der Waals surface area contributed by atoms with Crippen LogP contribution in [0.5, 0.6) is 0 Å². The molecule has 0 aromatic heterocycles. The molecule has 18 heavy (non-hydrogen) atoms. The monoisotopic (exact) mass is 264 g/mol. The Morgan fingerprint density at radius 2 is 1.83 bits per heavy atom. The Morgan fingerprint density at radius 1 is 1.17 bits per heavy atom. The second-order valence-corrected chi connectivity index (χ2v) is 4.68. The predicted octanol–water partition coefficient (Wildman–Crippen LogP) is 2.68. The fourth-order valence-corrected chi connectivity index (χ4v) is 2.18. The van der Waals surface area contributed by atoms with Crippen LogP contribution in [-0.4, -0.2) is 47.9 Å². The number of carbonyl (C=O) groups excluding carboxylic acids is 1. The Bertz CT molecular complexity index is 411. The van der Waals surface area contributed by atoms with Gasteiger partial charge in [0.2, 0.25) is 0 Å². The molecule has 0 atom stereocenters. The number of benzene rings is 1. The van der Waals surface area contributed by atoms with E-state index in [0.29, 0.717) is 0 Å². The van der Waals surface area contributed by atoms with Crippen LogP contribution < -0.4 is 0 Å². The minimum Gasteiger partial charge on any atom is -0.327 e. The third-order valence-electron chi connectivity index (χ3n) is 3.09. The van der Waals surface area contributed by atoms with Gasteiger partial charge in [-0.2, -0.15) is 0 Å². The Hall–Kier alpha value is -1.32. The molecular weight excluding hydrogens is 248 g/mol. The van der Waals surface area contributed by atoms with Gasteiger partial charge in [0, 0.05) is 32.7 Å². The number of nitrogens with zero attached hydrogens (tertiary/aromatic N) is 2. The first-order valence-corrected chi connectivity index (χ1v) is 6.52. The summed E-state index contributed by atoms with van der Waals surface area (Å²) in [7, 11) is 0. The lowest BCUT2D eigenvalue weighted by Crippen LogP contribution is -2.47. The molecule has 1 saturated heterocycles. The van der Waals surface area contributed by atoms with Gasteiger partial charge < -0.3 is 4.90 Å². The molecular formula is C14H17ClN2O. The highest BCUT2D eigenvalue weighted by Crippen LogP contribution is 2.06. The summed E-state index contributed by atoms with van der Waals surface area (Å²) in [6.45, 7) is 4.14. The van der Waals surface area contributed by atoms with E-state index in [1.165, 1.54) is 5.56 Å². The highest BCUT2D eigenvalue weighted by molar-refractivity contribution is 6.62. The Balaban J connectivity index is 1.76. The molecule has 3 nitrogen and oxygen atoms in total. The predicted molar refractivity (Wildman–Crippen MR) is 74.7 cm³/mol. The van der Waals surface area contributed by atoms with E-state index in [1.807, 2.05) is 18.2 Å². The molecule has 0 bridgehead atoms. The molecule has 96 valence electrons. The van der Waals surface area contributed by atoms with E-state index in [-0.39, 0.29) is 5.37 Å². The summed E-state index contributed by atoms with van der Waals surface area (Å²) in [5, 5.41) is -0.338. The molecule has 1 aliphatic rings. The van der Waals surface area contributed by atoms with Gasteiger partial charge in [0.15, 0.2) is 0 Å². The molecule has 1 aromatic rings. The van der Waals surface area contributed by atoms with Crippen molar-refractivity contribution >= 4 is 23.0 Å². The maximum absolute atomic E-state index is 11.0. The van der Waals surface area contributed by atoms with Crippen molar-refractivity contribution in [2.24, 2.45) is 0 Å². The highest BCUT2D eigenvalue weighted by Gasteiger charge is 2.18. The van der Waals surface area contributed by atoms with Crippen molar-refractivity contribution in [1.82, 2.24) is 9.80 Å². The van der Waals surface area contributed by atoms with E-state index >= 15 is 0 Å². The van der Waals surface area contributed by atoms with E-state index < -0.39 is 0 Å². The molecule has 2 rings (SSSR count). The molecule has 1 fully saturated rings. The first-order valence-electron chi connectivity index (χ1n) is 6.14. The molecule has 1 heterocycles. The number of amides is 1. The van der Waals surface area contributed by atoms with Crippen LogP contribution in [0.4, 0.5) is 4.79 Å². The zero-order valence-corrected chi connectivity index (χ0v) is 11.0. The number of rotatable bonds is 3. The van der Waals surface area contributed by atoms with Crippen LogP contribution in [0.15, 0.2) is 36.4 Å². The fraction of sp³-hybridized carbons (Fsp3) is 0.357. The average Bonchev–Trinajstić information content (AvgIpc) is 2.40. The third kappa shape index (κ3) is 3.86. The third-order valence-corrected chi connectivity index (χ3v) is 3.33. The van der Waals surface area contributed by atoms with Crippen molar-refractivity contribution < 1.29 is 4.79 Å². The smallest absolute Gasteiger partial charge is 0.316 e. The second kappa shape index (κ2) is 6.57. The summed E-state index contributed by atoms with van der Waals surface area (Å²) in [6.07, 6.45) is 4.28. The Morgan fingerprint density at radius 3 is 2.44 bits per heavy atom. The number of hydrogen-bond donors (Lipinski definition) is 0. The van der Waals surface area contributed by atoms with E-state index in [0.717, 1.165) is 32.7 Å². The molecule has 0 aliphatic carbocycles. The summed E-state index contributed by atoms with van der Waals surface area (Å²) in [5.74, 6) is 0. The SMILES string of the molecule is O=C(Cl)N1CCN(C/C=C/c2ccccc2)CC1. The largest absolute Gasteiger partial charge is 0.327 e. The zero-order chi connectivity index (χ0) is 12.8. The summed E-state index contributed by atoms with van der Waals surface area (Å²) < 4.78 is 0. The molecule has 0 radical (unpaired) electrons. The topological polar surface area (TPSA) is 23.6 Å². The van der Waals surface area contributed by atoms with Crippen LogP contribution in [-0.2, 0) is 0 Å². The van der Waals surface area contributed by atoms with Crippen molar-refractivity contribution in [3.63, 3.8) is 0 Å². The van der Waals surface area contributed by atoms with Crippen molar-refractivity contribution in [3.05, 3.63) is 42.0 Å². The fourth-order valence-electron chi connectivity index (χ4n) is 2.01. The Labute approximate surface area is 113 Å². The molecule has 4 heteroatoms. The van der Waals surface area contributed by atoms with Crippen LogP contribution in [0, 0.1) is 0 Å². The molecule has 1 amide bonds. The minimum atomic E-state index is -0.338. The lowest BCUT2D eigenvalue weighted by molar-refractivity contribution is 0.162. The minimum absolute atomic E-state index is 0.338. The first kappa shape index (κ1) is 13.1. The standard InChI is InChI=1S/C14H17ClN2O/c15-14(18)17-11-9-16(10-12-17)8-4-7-13-5-2-1-3-6-13/h1-7H,8-12H2/b7-4+. The van der Waals surface area contributed by atoms with Crippen LogP contribution in [0.1, 0.15) is 5.56 Å². The van der Waals surface area contributed by atoms with Crippen LogP contribution in [0.3, 0.4) is 0 Å². The molecule has 1 aromatic carbocycles. The van der Waals surface area contributed by atoms with Crippen LogP contribution >= 0.6 is 11.6 Å². The van der Waals surface area contributed by atoms with Crippen molar-refractivity contribution in [1.29, 1.82) is 0 Å². The maximum Gasteiger partial charge on any atom is 0.316 e. The van der Waals surface area contributed by atoms with Gasteiger partial charge in [-0.05, 0) is 17.2 Å². The quantitative estimate of drug-likeness (QED) is 0.619. The van der Waals surface area contributed by atoms with Gasteiger partial charge in [-0.3, -0.25) is 9.69 Å². The summed E-state index contributed by atoms with van der Waals surface area (Å²) in [6, 6.07) is 10.2. The molecule has 0 spiro atoms. The van der Waals surface area contributed by atoms with Gasteiger partial charge in [-0.1, -0.05) is 42.5 Å². The summed E-state index contributed by atoms with van der Waals surface area (Å²) in [4.78, 5) is 15.0.